The van der Waals surface area contributed by atoms with Crippen LogP contribution in [-0.2, 0) is 16.8 Å². The number of nitrogens with zero attached hydrogens (tertiary/aromatic N) is 2. The zero-order chi connectivity index (χ0) is 16.4. The van der Waals surface area contributed by atoms with Crippen LogP contribution in [0.15, 0.2) is 48.8 Å². The molecule has 0 saturated carbocycles. The van der Waals surface area contributed by atoms with Crippen LogP contribution in [0.2, 0.25) is 0 Å². The summed E-state index contributed by atoms with van der Waals surface area (Å²) in [6.07, 6.45) is 4.04. The van der Waals surface area contributed by atoms with Gasteiger partial charge in [-0.1, -0.05) is 35.9 Å². The molecule has 3 amide bonds. The third kappa shape index (κ3) is 2.82. The fourth-order valence-electron chi connectivity index (χ4n) is 2.77. The Bertz CT molecular complexity index is 728. The summed E-state index contributed by atoms with van der Waals surface area (Å²) in [5.74, 6) is -0.213. The average molecular weight is 309 g/mol. The zero-order valence-corrected chi connectivity index (χ0v) is 13.2. The summed E-state index contributed by atoms with van der Waals surface area (Å²) in [6.45, 7) is 4.08. The normalized spacial score (nSPS) is 20.7. The van der Waals surface area contributed by atoms with Crippen molar-refractivity contribution in [2.75, 3.05) is 6.54 Å². The Hall–Kier alpha value is -2.69. The zero-order valence-electron chi connectivity index (χ0n) is 13.2. The summed E-state index contributed by atoms with van der Waals surface area (Å²) in [5, 5.41) is 2.82. The number of carbonyl (C=O) groups excluding carboxylic acids is 2. The molecule has 23 heavy (non-hydrogen) atoms. The number of amides is 3. The molecule has 1 N–H and O–H groups in total. The molecule has 1 aromatic carbocycles. The van der Waals surface area contributed by atoms with Crippen molar-refractivity contribution in [1.82, 2.24) is 15.2 Å². The van der Waals surface area contributed by atoms with E-state index >= 15 is 0 Å². The van der Waals surface area contributed by atoms with Crippen molar-refractivity contribution in [3.05, 3.63) is 65.5 Å². The molecule has 0 spiro atoms. The van der Waals surface area contributed by atoms with Crippen LogP contribution in [-0.4, -0.2) is 28.4 Å². The van der Waals surface area contributed by atoms with Gasteiger partial charge in [0.25, 0.3) is 5.91 Å². The molecular weight excluding hydrogens is 290 g/mol. The van der Waals surface area contributed by atoms with Crippen LogP contribution < -0.4 is 5.32 Å². The number of benzene rings is 1. The van der Waals surface area contributed by atoms with E-state index in [4.69, 9.17) is 0 Å². The van der Waals surface area contributed by atoms with Crippen molar-refractivity contribution in [2.24, 2.45) is 0 Å². The van der Waals surface area contributed by atoms with E-state index in [1.807, 2.05) is 43.3 Å². The number of imide groups is 1. The predicted molar refractivity (Wildman–Crippen MR) is 86.7 cm³/mol. The van der Waals surface area contributed by atoms with Gasteiger partial charge in [0.1, 0.15) is 5.54 Å². The monoisotopic (exact) mass is 309 g/mol. The van der Waals surface area contributed by atoms with Crippen molar-refractivity contribution in [3.63, 3.8) is 0 Å². The van der Waals surface area contributed by atoms with Crippen LogP contribution in [0.1, 0.15) is 23.6 Å². The molecule has 118 valence electrons. The van der Waals surface area contributed by atoms with Crippen molar-refractivity contribution in [2.45, 2.75) is 25.8 Å². The molecule has 1 aliphatic heterocycles. The van der Waals surface area contributed by atoms with Gasteiger partial charge in [0.05, 0.1) is 0 Å². The van der Waals surface area contributed by atoms with Gasteiger partial charge in [-0.05, 0) is 37.5 Å². The van der Waals surface area contributed by atoms with E-state index in [0.717, 1.165) is 16.7 Å². The first kappa shape index (κ1) is 15.2. The third-order valence-corrected chi connectivity index (χ3v) is 4.25. The highest BCUT2D eigenvalue weighted by atomic mass is 16.2. The van der Waals surface area contributed by atoms with Gasteiger partial charge in [0, 0.05) is 18.9 Å². The van der Waals surface area contributed by atoms with Crippen molar-refractivity contribution < 1.29 is 9.59 Å². The molecule has 2 heterocycles. The topological polar surface area (TPSA) is 62.3 Å². The highest BCUT2D eigenvalue weighted by molar-refractivity contribution is 6.07. The molecule has 5 heteroatoms. The van der Waals surface area contributed by atoms with E-state index in [9.17, 15) is 9.59 Å². The summed E-state index contributed by atoms with van der Waals surface area (Å²) in [4.78, 5) is 30.3. The molecule has 1 aromatic heterocycles. The molecule has 0 aliphatic carbocycles. The lowest BCUT2D eigenvalue weighted by Gasteiger charge is -2.22. The van der Waals surface area contributed by atoms with Crippen molar-refractivity contribution in [3.8, 4) is 0 Å². The van der Waals surface area contributed by atoms with E-state index in [2.05, 4.69) is 10.3 Å². The first-order valence-electron chi connectivity index (χ1n) is 7.61. The molecule has 0 radical (unpaired) electrons. The van der Waals surface area contributed by atoms with E-state index in [1.54, 1.807) is 19.3 Å². The highest BCUT2D eigenvalue weighted by Crippen LogP contribution is 2.29. The standard InChI is InChI=1S/C18H19N3O2/c1-13-5-7-15(8-6-13)18(2)16(22)21(17(23)20-18)11-9-14-4-3-10-19-12-14/h3-8,10,12H,9,11H2,1-2H3,(H,20,23)/t18-/m0/s1. The lowest BCUT2D eigenvalue weighted by molar-refractivity contribution is -0.131. The van der Waals surface area contributed by atoms with Crippen LogP contribution in [0.25, 0.3) is 0 Å². The smallest absolute Gasteiger partial charge is 0.319 e. The van der Waals surface area contributed by atoms with Gasteiger partial charge >= 0.3 is 6.03 Å². The van der Waals surface area contributed by atoms with Gasteiger partial charge in [-0.25, -0.2) is 4.79 Å². The number of nitrogens with one attached hydrogen (secondary N) is 1. The van der Waals surface area contributed by atoms with E-state index in [-0.39, 0.29) is 11.9 Å². The van der Waals surface area contributed by atoms with E-state index in [1.165, 1.54) is 4.90 Å². The maximum Gasteiger partial charge on any atom is 0.325 e. The number of aromatic nitrogens is 1. The van der Waals surface area contributed by atoms with Gasteiger partial charge in [-0.15, -0.1) is 0 Å². The van der Waals surface area contributed by atoms with Crippen LogP contribution >= 0.6 is 0 Å². The number of urea groups is 1. The van der Waals surface area contributed by atoms with Crippen molar-refractivity contribution in [1.29, 1.82) is 0 Å². The van der Waals surface area contributed by atoms with Crippen molar-refractivity contribution >= 4 is 11.9 Å². The SMILES string of the molecule is Cc1ccc([C@]2(C)NC(=O)N(CCc3cccnc3)C2=O)cc1. The number of carbonyl (C=O) groups is 2. The minimum absolute atomic E-state index is 0.213. The number of rotatable bonds is 4. The maximum absolute atomic E-state index is 12.8. The van der Waals surface area contributed by atoms with Crippen LogP contribution in [0.3, 0.4) is 0 Å². The first-order valence-corrected chi connectivity index (χ1v) is 7.61. The van der Waals surface area contributed by atoms with Gasteiger partial charge < -0.3 is 5.32 Å². The third-order valence-electron chi connectivity index (χ3n) is 4.25. The minimum atomic E-state index is -1.00. The molecule has 2 aromatic rings. The van der Waals surface area contributed by atoms with Gasteiger partial charge in [-0.3, -0.25) is 14.7 Å². The van der Waals surface area contributed by atoms with Crippen LogP contribution in [0, 0.1) is 6.92 Å². The second-order valence-electron chi connectivity index (χ2n) is 5.99. The van der Waals surface area contributed by atoms with E-state index in [0.29, 0.717) is 13.0 Å². The van der Waals surface area contributed by atoms with Crippen LogP contribution in [0.5, 0.6) is 0 Å². The van der Waals surface area contributed by atoms with Gasteiger partial charge in [-0.2, -0.15) is 0 Å². The molecule has 1 atom stereocenters. The molecule has 0 unspecified atom stereocenters. The Labute approximate surface area is 135 Å². The summed E-state index contributed by atoms with van der Waals surface area (Å²) >= 11 is 0. The average Bonchev–Trinajstić information content (AvgIpc) is 2.77. The quantitative estimate of drug-likeness (QED) is 0.882. The fraction of sp³-hybridized carbons (Fsp3) is 0.278. The fourth-order valence-corrected chi connectivity index (χ4v) is 2.77. The van der Waals surface area contributed by atoms with Gasteiger partial charge in [0.15, 0.2) is 0 Å². The molecule has 5 nitrogen and oxygen atoms in total. The summed E-state index contributed by atoms with van der Waals surface area (Å²) in [6, 6.07) is 11.1. The number of hydrogen-bond donors (Lipinski definition) is 1. The summed E-state index contributed by atoms with van der Waals surface area (Å²) < 4.78 is 0. The number of hydrogen-bond acceptors (Lipinski definition) is 3. The second kappa shape index (κ2) is 5.83. The first-order chi connectivity index (χ1) is 11.0. The Morgan fingerprint density at radius 2 is 1.91 bits per heavy atom. The second-order valence-corrected chi connectivity index (χ2v) is 5.99. The maximum atomic E-state index is 12.8. The lowest BCUT2D eigenvalue weighted by Crippen LogP contribution is -2.41. The molecule has 3 rings (SSSR count). The Kier molecular flexibility index (Phi) is 3.86. The van der Waals surface area contributed by atoms with Crippen LogP contribution in [0.4, 0.5) is 4.79 Å². The largest absolute Gasteiger partial charge is 0.325 e. The molecule has 1 aliphatic rings. The lowest BCUT2D eigenvalue weighted by atomic mass is 9.91. The number of aryl methyl sites for hydroxylation is 1. The Morgan fingerprint density at radius 3 is 2.57 bits per heavy atom. The van der Waals surface area contributed by atoms with E-state index < -0.39 is 5.54 Å². The minimum Gasteiger partial charge on any atom is -0.319 e. The van der Waals surface area contributed by atoms with Gasteiger partial charge in [0.2, 0.25) is 0 Å². The Morgan fingerprint density at radius 1 is 1.17 bits per heavy atom. The summed E-state index contributed by atoms with van der Waals surface area (Å²) in [5.41, 5.74) is 1.91. The molecule has 1 fully saturated rings. The molecular formula is C18H19N3O2. The predicted octanol–water partition coefficient (Wildman–Crippen LogP) is 2.40. The Balaban J connectivity index is 1.78. The number of pyridine rings is 1. The molecule has 1 saturated heterocycles. The highest BCUT2D eigenvalue weighted by Gasteiger charge is 2.48. The summed E-state index contributed by atoms with van der Waals surface area (Å²) in [7, 11) is 0. The molecule has 0 bridgehead atoms.